The molecule has 0 radical (unpaired) electrons. The molecule has 1 aliphatic rings. The fraction of sp³-hybridized carbons (Fsp3) is 0.333. The van der Waals surface area contributed by atoms with Gasteiger partial charge in [-0.25, -0.2) is 0 Å². The summed E-state index contributed by atoms with van der Waals surface area (Å²) < 4.78 is 28.6. The van der Waals surface area contributed by atoms with Crippen LogP contribution in [0, 0.1) is 0 Å². The molecule has 5 heteroatoms. The van der Waals surface area contributed by atoms with E-state index in [1.165, 1.54) is 15.0 Å². The van der Waals surface area contributed by atoms with Gasteiger partial charge >= 0.3 is 144 Å². The molecule has 23 heavy (non-hydrogen) atoms. The first-order valence-corrected chi connectivity index (χ1v) is 13.0. The molecule has 1 atom stereocenters. The average molecular weight is 391 g/mol. The SMILES string of the molecule is CS(=O)(=O)N1CCC[C@H]1C[As](c1ccccc1)c1ccccc1. The number of hydrogen-bond acceptors (Lipinski definition) is 2. The molecule has 0 aromatic heterocycles. The third-order valence-corrected chi connectivity index (χ3v) is 11.1. The van der Waals surface area contributed by atoms with Gasteiger partial charge in [-0.15, -0.1) is 0 Å². The zero-order chi connectivity index (χ0) is 16.3. The summed E-state index contributed by atoms with van der Waals surface area (Å²) in [6.07, 6.45) is 3.30. The molecule has 1 fully saturated rings. The Balaban J connectivity index is 1.91. The van der Waals surface area contributed by atoms with Gasteiger partial charge in [0.2, 0.25) is 0 Å². The molecule has 0 N–H and O–H groups in total. The summed E-state index contributed by atoms with van der Waals surface area (Å²) in [5.74, 6) is 0. The minimum absolute atomic E-state index is 0.158. The molecule has 0 spiro atoms. The molecular weight excluding hydrogens is 369 g/mol. The van der Waals surface area contributed by atoms with Crippen molar-refractivity contribution < 1.29 is 8.42 Å². The van der Waals surface area contributed by atoms with E-state index in [4.69, 9.17) is 0 Å². The van der Waals surface area contributed by atoms with Crippen molar-refractivity contribution in [2.75, 3.05) is 12.8 Å². The van der Waals surface area contributed by atoms with Crippen LogP contribution in [0.3, 0.4) is 0 Å². The van der Waals surface area contributed by atoms with Gasteiger partial charge in [0.15, 0.2) is 0 Å². The Labute approximate surface area is 143 Å². The van der Waals surface area contributed by atoms with Crippen LogP contribution in [0.4, 0.5) is 0 Å². The van der Waals surface area contributed by atoms with Crippen molar-refractivity contribution in [1.29, 1.82) is 0 Å². The predicted molar refractivity (Wildman–Crippen MR) is 97.3 cm³/mol. The van der Waals surface area contributed by atoms with Gasteiger partial charge in [0, 0.05) is 0 Å². The molecular formula is C18H22AsNO2S. The third-order valence-electron chi connectivity index (χ3n) is 4.28. The summed E-state index contributed by atoms with van der Waals surface area (Å²) in [6.45, 7) is 0.676. The van der Waals surface area contributed by atoms with Gasteiger partial charge in [0.05, 0.1) is 0 Å². The Morgan fingerprint density at radius 1 is 1.00 bits per heavy atom. The van der Waals surface area contributed by atoms with E-state index < -0.39 is 24.7 Å². The minimum atomic E-state index is -3.11. The number of rotatable bonds is 5. The van der Waals surface area contributed by atoms with Gasteiger partial charge in [-0.2, -0.15) is 0 Å². The second kappa shape index (κ2) is 7.21. The average Bonchev–Trinajstić information content (AvgIpc) is 3.03. The Morgan fingerprint density at radius 2 is 1.52 bits per heavy atom. The van der Waals surface area contributed by atoms with E-state index in [1.54, 1.807) is 4.31 Å². The molecule has 2 aromatic rings. The number of nitrogens with zero attached hydrogens (tertiary/aromatic N) is 1. The first-order chi connectivity index (χ1) is 11.1. The Morgan fingerprint density at radius 3 is 2.00 bits per heavy atom. The van der Waals surface area contributed by atoms with Crippen molar-refractivity contribution in [3.05, 3.63) is 60.7 Å². The summed E-state index contributed by atoms with van der Waals surface area (Å²) in [6, 6.07) is 21.4. The molecule has 0 saturated carbocycles. The van der Waals surface area contributed by atoms with E-state index in [0.717, 1.165) is 18.1 Å². The van der Waals surface area contributed by atoms with Gasteiger partial charge < -0.3 is 0 Å². The molecule has 0 unspecified atom stereocenters. The summed E-state index contributed by atoms with van der Waals surface area (Å²) in [5.41, 5.74) is 0. The van der Waals surface area contributed by atoms with E-state index in [0.29, 0.717) is 6.54 Å². The molecule has 1 heterocycles. The van der Waals surface area contributed by atoms with Crippen molar-refractivity contribution in [1.82, 2.24) is 4.31 Å². The molecule has 0 bridgehead atoms. The fourth-order valence-electron chi connectivity index (χ4n) is 3.21. The zero-order valence-corrected chi connectivity index (χ0v) is 16.0. The topological polar surface area (TPSA) is 37.4 Å². The van der Waals surface area contributed by atoms with Gasteiger partial charge in [0.25, 0.3) is 0 Å². The van der Waals surface area contributed by atoms with Gasteiger partial charge in [-0.3, -0.25) is 0 Å². The fourth-order valence-corrected chi connectivity index (χ4v) is 10.1. The molecule has 1 aliphatic heterocycles. The molecule has 0 aliphatic carbocycles. The van der Waals surface area contributed by atoms with Crippen LogP contribution in [0.1, 0.15) is 12.8 Å². The van der Waals surface area contributed by atoms with Crippen LogP contribution in [0.25, 0.3) is 0 Å². The maximum atomic E-state index is 12.0. The van der Waals surface area contributed by atoms with Crippen LogP contribution in [0.5, 0.6) is 0 Å². The van der Waals surface area contributed by atoms with E-state index in [9.17, 15) is 8.42 Å². The molecule has 3 nitrogen and oxygen atoms in total. The second-order valence-corrected chi connectivity index (χ2v) is 12.6. The number of hydrogen-bond donors (Lipinski definition) is 0. The second-order valence-electron chi connectivity index (χ2n) is 5.95. The first kappa shape index (κ1) is 16.8. The number of sulfonamides is 1. The van der Waals surface area contributed by atoms with E-state index >= 15 is 0 Å². The number of benzene rings is 2. The molecule has 0 amide bonds. The maximum absolute atomic E-state index is 12.0. The summed E-state index contributed by atoms with van der Waals surface area (Å²) in [4.78, 5) is 0. The van der Waals surface area contributed by atoms with Gasteiger partial charge in [-0.05, 0) is 0 Å². The van der Waals surface area contributed by atoms with E-state index in [2.05, 4.69) is 48.5 Å². The van der Waals surface area contributed by atoms with Crippen molar-refractivity contribution in [3.8, 4) is 0 Å². The standard InChI is InChI=1S/C18H22AsNO2S/c1-23(21,22)20-14-8-13-18(20)15-19(16-9-4-2-5-10-16)17-11-6-3-7-12-17/h2-7,9-12,18H,8,13-15H2,1H3/t18-/m0/s1. The quantitative estimate of drug-likeness (QED) is 0.728. The first-order valence-electron chi connectivity index (χ1n) is 7.90. The van der Waals surface area contributed by atoms with Crippen molar-refractivity contribution in [3.63, 3.8) is 0 Å². The molecule has 2 aromatic carbocycles. The van der Waals surface area contributed by atoms with Crippen molar-refractivity contribution in [2.24, 2.45) is 0 Å². The van der Waals surface area contributed by atoms with E-state index in [1.807, 2.05) is 12.1 Å². The molecule has 122 valence electrons. The summed E-state index contributed by atoms with van der Waals surface area (Å²) in [5, 5.41) is 0.980. The van der Waals surface area contributed by atoms with Crippen LogP contribution in [-0.2, 0) is 10.0 Å². The van der Waals surface area contributed by atoms with Crippen LogP contribution < -0.4 is 8.70 Å². The summed E-state index contributed by atoms with van der Waals surface area (Å²) in [7, 11) is -3.11. The van der Waals surface area contributed by atoms with Crippen LogP contribution >= 0.6 is 0 Å². The normalized spacial score (nSPS) is 19.3. The van der Waals surface area contributed by atoms with Crippen LogP contribution in [0.2, 0.25) is 5.21 Å². The Bertz CT molecular complexity index is 695. The van der Waals surface area contributed by atoms with Crippen molar-refractivity contribution in [2.45, 2.75) is 24.1 Å². The predicted octanol–water partition coefficient (Wildman–Crippen LogP) is 1.72. The van der Waals surface area contributed by atoms with Crippen LogP contribution in [-0.4, -0.2) is 46.2 Å². The summed E-state index contributed by atoms with van der Waals surface area (Å²) >= 11 is -1.50. The third kappa shape index (κ3) is 4.06. The van der Waals surface area contributed by atoms with Crippen LogP contribution in [0.15, 0.2) is 60.7 Å². The monoisotopic (exact) mass is 391 g/mol. The molecule has 3 rings (SSSR count). The zero-order valence-electron chi connectivity index (χ0n) is 13.3. The Hall–Kier alpha value is -1.09. The van der Waals surface area contributed by atoms with Crippen molar-refractivity contribution >= 4 is 33.4 Å². The Kier molecular flexibility index (Phi) is 5.25. The van der Waals surface area contributed by atoms with Gasteiger partial charge in [0.1, 0.15) is 0 Å². The molecule has 1 saturated heterocycles. The van der Waals surface area contributed by atoms with Gasteiger partial charge in [-0.1, -0.05) is 0 Å². The van der Waals surface area contributed by atoms with E-state index in [-0.39, 0.29) is 6.04 Å².